The lowest BCUT2D eigenvalue weighted by molar-refractivity contribution is -0.387. The Labute approximate surface area is 223 Å². The predicted octanol–water partition coefficient (Wildman–Crippen LogP) is -5.58. The van der Waals surface area contributed by atoms with E-state index in [1.54, 1.807) is 0 Å². The number of aliphatic hydroxyl groups is 9. The second-order valence-corrected chi connectivity index (χ2v) is 9.48. The van der Waals surface area contributed by atoms with Gasteiger partial charge in [-0.15, -0.1) is 0 Å². The standard InChI is InChI=1S/C22H38NO16/c1-2-3-23-20(33)34-7-14-16(30)18(32)22(38-14,39-19-11(28)4-10(27)12(5-24)36-19)9-35-21(8-26)17(31)15(29)13(6-25)37-21/h4,10-19,24-32H,2-3,5-9H2,1H3,(H,23,33)/t10-,11?,12?,13+,14+,15-,16-,17?,18?,19-,21+,22-/m0/s1. The first-order chi connectivity index (χ1) is 18.5. The zero-order chi connectivity index (χ0) is 29.0. The van der Waals surface area contributed by atoms with E-state index >= 15 is 0 Å². The Morgan fingerprint density at radius 2 is 1.51 bits per heavy atom. The Morgan fingerprint density at radius 3 is 2.10 bits per heavy atom. The van der Waals surface area contributed by atoms with Crippen LogP contribution >= 0.6 is 0 Å². The van der Waals surface area contributed by atoms with Crippen molar-refractivity contribution in [3.8, 4) is 0 Å². The van der Waals surface area contributed by atoms with Gasteiger partial charge in [0.2, 0.25) is 11.6 Å². The molecule has 3 fully saturated rings. The Balaban J connectivity index is 1.84. The summed E-state index contributed by atoms with van der Waals surface area (Å²) in [6.45, 7) is -1.87. The summed E-state index contributed by atoms with van der Waals surface area (Å²) >= 11 is 0. The van der Waals surface area contributed by atoms with Crippen LogP contribution in [0.5, 0.6) is 0 Å². The molecule has 17 nitrogen and oxygen atoms in total. The molecule has 0 aromatic rings. The number of amides is 1. The first-order valence-corrected chi connectivity index (χ1v) is 12.5. The number of hydrogen-bond acceptors (Lipinski definition) is 16. The van der Waals surface area contributed by atoms with Gasteiger partial charge in [-0.1, -0.05) is 6.92 Å². The number of aliphatic hydroxyl groups excluding tert-OH is 9. The maximum absolute atomic E-state index is 11.9. The molecule has 3 aliphatic rings. The zero-order valence-electron chi connectivity index (χ0n) is 21.2. The van der Waals surface area contributed by atoms with Gasteiger partial charge in [0.05, 0.1) is 19.3 Å². The highest BCUT2D eigenvalue weighted by atomic mass is 16.8. The maximum atomic E-state index is 11.9. The molecule has 1 radical (unpaired) electrons. The summed E-state index contributed by atoms with van der Waals surface area (Å²) in [5, 5.41) is 93.9. The van der Waals surface area contributed by atoms with Crippen molar-refractivity contribution in [1.29, 1.82) is 0 Å². The number of carbonyl (C=O) groups excluding carboxylic acids is 1. The van der Waals surface area contributed by atoms with Crippen LogP contribution in [0.25, 0.3) is 0 Å². The van der Waals surface area contributed by atoms with Gasteiger partial charge >= 0.3 is 6.09 Å². The van der Waals surface area contributed by atoms with Gasteiger partial charge in [0.1, 0.15) is 68.7 Å². The van der Waals surface area contributed by atoms with E-state index in [4.69, 9.17) is 28.4 Å². The molecule has 0 saturated carbocycles. The van der Waals surface area contributed by atoms with Crippen LogP contribution < -0.4 is 5.32 Å². The summed E-state index contributed by atoms with van der Waals surface area (Å²) in [5.41, 5.74) is 0. The minimum atomic E-state index is -2.46. The second-order valence-electron chi connectivity index (χ2n) is 9.48. The van der Waals surface area contributed by atoms with Crippen molar-refractivity contribution in [1.82, 2.24) is 5.32 Å². The lowest BCUT2D eigenvalue weighted by atomic mass is 10.0. The molecule has 0 aromatic heterocycles. The van der Waals surface area contributed by atoms with Crippen LogP contribution in [-0.2, 0) is 28.4 Å². The van der Waals surface area contributed by atoms with Gasteiger partial charge < -0.3 is 79.7 Å². The molecule has 0 aliphatic carbocycles. The van der Waals surface area contributed by atoms with E-state index in [1.165, 1.54) is 0 Å². The molecule has 4 unspecified atom stereocenters. The van der Waals surface area contributed by atoms with E-state index < -0.39 is 112 Å². The molecule has 12 atom stereocenters. The van der Waals surface area contributed by atoms with E-state index in [2.05, 4.69) is 5.32 Å². The zero-order valence-corrected chi connectivity index (χ0v) is 21.2. The Morgan fingerprint density at radius 1 is 0.897 bits per heavy atom. The number of hydrogen-bond donors (Lipinski definition) is 10. The molecule has 3 saturated heterocycles. The van der Waals surface area contributed by atoms with Gasteiger partial charge in [-0.3, -0.25) is 0 Å². The third-order valence-corrected chi connectivity index (χ3v) is 6.69. The van der Waals surface area contributed by atoms with Crippen LogP contribution in [0.2, 0.25) is 0 Å². The smallest absolute Gasteiger partial charge is 0.407 e. The second kappa shape index (κ2) is 13.6. The van der Waals surface area contributed by atoms with Gasteiger partial charge in [0, 0.05) is 13.0 Å². The lowest BCUT2D eigenvalue weighted by Gasteiger charge is -2.42. The van der Waals surface area contributed by atoms with Crippen molar-refractivity contribution in [3.63, 3.8) is 0 Å². The van der Waals surface area contributed by atoms with Crippen molar-refractivity contribution in [2.45, 2.75) is 86.1 Å². The largest absolute Gasteiger partial charge is 0.447 e. The van der Waals surface area contributed by atoms with Crippen LogP contribution in [0.1, 0.15) is 13.3 Å². The van der Waals surface area contributed by atoms with Gasteiger partial charge in [0.25, 0.3) is 0 Å². The minimum absolute atomic E-state index is 0.313. The Hall–Kier alpha value is -1.29. The van der Waals surface area contributed by atoms with Gasteiger partial charge in [-0.25, -0.2) is 4.79 Å². The number of alkyl carbamates (subject to hydrolysis) is 1. The minimum Gasteiger partial charge on any atom is -0.447 e. The van der Waals surface area contributed by atoms with Crippen molar-refractivity contribution >= 4 is 6.09 Å². The molecule has 1 amide bonds. The summed E-state index contributed by atoms with van der Waals surface area (Å²) in [5.74, 6) is -4.80. The molecular weight excluding hydrogens is 534 g/mol. The van der Waals surface area contributed by atoms with Gasteiger partial charge in [-0.05, 0) is 6.42 Å². The van der Waals surface area contributed by atoms with E-state index in [0.29, 0.717) is 13.0 Å². The van der Waals surface area contributed by atoms with Crippen LogP contribution in [0, 0.1) is 6.42 Å². The number of nitrogens with one attached hydrogen (secondary N) is 1. The molecule has 0 bridgehead atoms. The van der Waals surface area contributed by atoms with Crippen molar-refractivity contribution < 1.29 is 79.2 Å². The SMILES string of the molecule is CCCNC(=O)OC[C@H]1O[C@@](CO[C@]2(CO)O[C@H](CO)[C@H](O)C2O)(O[C@@H]2OC(CO)[C@@H](O)[CH]C2O)C(O)[C@H]1O. The first kappa shape index (κ1) is 32.2. The first-order valence-electron chi connectivity index (χ1n) is 12.5. The molecule has 3 heterocycles. The highest BCUT2D eigenvalue weighted by molar-refractivity contribution is 5.67. The van der Waals surface area contributed by atoms with Crippen molar-refractivity contribution in [2.24, 2.45) is 0 Å². The van der Waals surface area contributed by atoms with E-state index in [9.17, 15) is 50.8 Å². The molecule has 3 aliphatic heterocycles. The summed E-state index contributed by atoms with van der Waals surface area (Å²) < 4.78 is 32.7. The van der Waals surface area contributed by atoms with Crippen LogP contribution in [-0.4, -0.2) is 164 Å². The summed E-state index contributed by atoms with van der Waals surface area (Å²) in [6.07, 6.45) is -15.3. The van der Waals surface area contributed by atoms with Crippen LogP contribution in [0.3, 0.4) is 0 Å². The van der Waals surface area contributed by atoms with Gasteiger partial charge in [0.15, 0.2) is 6.29 Å². The molecule has 10 N–H and O–H groups in total. The Kier molecular flexibility index (Phi) is 11.2. The van der Waals surface area contributed by atoms with E-state index in [0.717, 1.165) is 6.42 Å². The predicted molar refractivity (Wildman–Crippen MR) is 122 cm³/mol. The third-order valence-electron chi connectivity index (χ3n) is 6.69. The fourth-order valence-electron chi connectivity index (χ4n) is 4.40. The van der Waals surface area contributed by atoms with Gasteiger partial charge in [-0.2, -0.15) is 0 Å². The third kappa shape index (κ3) is 6.79. The molecule has 227 valence electrons. The summed E-state index contributed by atoms with van der Waals surface area (Å²) in [4.78, 5) is 11.9. The van der Waals surface area contributed by atoms with Crippen LogP contribution in [0.4, 0.5) is 4.79 Å². The summed E-state index contributed by atoms with van der Waals surface area (Å²) in [7, 11) is 0. The topological polar surface area (TPSA) is 267 Å². The molecular formula is C22H38NO16. The number of ether oxygens (including phenoxy) is 6. The molecule has 3 rings (SSSR count). The lowest BCUT2D eigenvalue weighted by Crippen LogP contribution is -2.59. The highest BCUT2D eigenvalue weighted by Crippen LogP contribution is 2.39. The fraction of sp³-hybridized carbons (Fsp3) is 0.909. The highest BCUT2D eigenvalue weighted by Gasteiger charge is 2.61. The van der Waals surface area contributed by atoms with Crippen molar-refractivity contribution in [2.75, 3.05) is 39.6 Å². The number of carbonyl (C=O) groups is 1. The fourth-order valence-corrected chi connectivity index (χ4v) is 4.40. The maximum Gasteiger partial charge on any atom is 0.407 e. The number of rotatable bonds is 12. The molecule has 17 heteroatoms. The monoisotopic (exact) mass is 572 g/mol. The van der Waals surface area contributed by atoms with E-state index in [1.807, 2.05) is 6.92 Å². The molecule has 39 heavy (non-hydrogen) atoms. The summed E-state index contributed by atoms with van der Waals surface area (Å²) in [6, 6.07) is 0. The van der Waals surface area contributed by atoms with E-state index in [-0.39, 0.29) is 0 Å². The molecule has 0 spiro atoms. The van der Waals surface area contributed by atoms with Crippen LogP contribution in [0.15, 0.2) is 0 Å². The Bertz CT molecular complexity index is 793. The van der Waals surface area contributed by atoms with Crippen molar-refractivity contribution in [3.05, 3.63) is 6.42 Å². The normalized spacial score (nSPS) is 44.5. The quantitative estimate of drug-likeness (QED) is 0.104. The average molecular weight is 573 g/mol. The molecule has 0 aromatic carbocycles. The average Bonchev–Trinajstić information content (AvgIpc) is 3.31.